The molecule has 1 saturated heterocycles. The minimum absolute atomic E-state index is 0.564. The lowest BCUT2D eigenvalue weighted by Gasteiger charge is -2.25. The zero-order chi connectivity index (χ0) is 12.1. The second-order valence-electron chi connectivity index (χ2n) is 4.21. The molecule has 1 aromatic rings. The van der Waals surface area contributed by atoms with E-state index in [9.17, 15) is 9.90 Å². The lowest BCUT2D eigenvalue weighted by Crippen LogP contribution is -2.34. The molecule has 4 heteroatoms. The number of hydrogen-bond donors (Lipinski definition) is 1. The van der Waals surface area contributed by atoms with Crippen LogP contribution in [0.2, 0.25) is 0 Å². The summed E-state index contributed by atoms with van der Waals surface area (Å²) in [5.41, 5.74) is 0.564. The standard InChI is InChI=1S/C13H17NO3/c15-12(11-7-3-1-4-8-11)13(16)17-14-9-5-2-6-10-14/h1,3-4,7-8,12,15H,2,5-6,9-10H2/t12-/m1/s1. The van der Waals surface area contributed by atoms with E-state index in [0.717, 1.165) is 25.9 Å². The van der Waals surface area contributed by atoms with Crippen LogP contribution in [0.4, 0.5) is 0 Å². The molecular weight excluding hydrogens is 218 g/mol. The number of rotatable bonds is 3. The highest BCUT2D eigenvalue weighted by Gasteiger charge is 2.22. The van der Waals surface area contributed by atoms with Gasteiger partial charge in [0.05, 0.1) is 0 Å². The van der Waals surface area contributed by atoms with Gasteiger partial charge in [-0.15, -0.1) is 5.06 Å². The van der Waals surface area contributed by atoms with Crippen LogP contribution >= 0.6 is 0 Å². The van der Waals surface area contributed by atoms with E-state index in [2.05, 4.69) is 0 Å². The molecule has 1 atom stereocenters. The number of aliphatic hydroxyl groups is 1. The second kappa shape index (κ2) is 5.80. The Labute approximate surface area is 101 Å². The SMILES string of the molecule is O=C(ON1CCCCC1)[C@H](O)c1ccccc1. The van der Waals surface area contributed by atoms with Crippen LogP contribution in [0, 0.1) is 0 Å². The van der Waals surface area contributed by atoms with Crippen LogP contribution < -0.4 is 0 Å². The van der Waals surface area contributed by atoms with E-state index in [1.165, 1.54) is 6.42 Å². The third-order valence-corrected chi connectivity index (χ3v) is 2.87. The maximum absolute atomic E-state index is 11.7. The molecule has 1 aliphatic rings. The van der Waals surface area contributed by atoms with E-state index < -0.39 is 12.1 Å². The quantitative estimate of drug-likeness (QED) is 0.865. The first kappa shape index (κ1) is 12.1. The van der Waals surface area contributed by atoms with Crippen LogP contribution in [-0.4, -0.2) is 29.2 Å². The first-order valence-electron chi connectivity index (χ1n) is 5.97. The summed E-state index contributed by atoms with van der Waals surface area (Å²) in [4.78, 5) is 16.8. The molecule has 1 aromatic carbocycles. The molecule has 4 nitrogen and oxygen atoms in total. The maximum atomic E-state index is 11.7. The molecule has 0 unspecified atom stereocenters. The van der Waals surface area contributed by atoms with Crippen molar-refractivity contribution in [3.8, 4) is 0 Å². The lowest BCUT2D eigenvalue weighted by molar-refractivity contribution is -0.204. The molecule has 92 valence electrons. The van der Waals surface area contributed by atoms with Gasteiger partial charge in [-0.3, -0.25) is 0 Å². The molecule has 0 bridgehead atoms. The van der Waals surface area contributed by atoms with Crippen molar-refractivity contribution in [3.05, 3.63) is 35.9 Å². The number of carbonyl (C=O) groups is 1. The van der Waals surface area contributed by atoms with Gasteiger partial charge < -0.3 is 9.94 Å². The summed E-state index contributed by atoms with van der Waals surface area (Å²) >= 11 is 0. The first-order chi connectivity index (χ1) is 8.27. The van der Waals surface area contributed by atoms with Gasteiger partial charge in [0.15, 0.2) is 6.10 Å². The van der Waals surface area contributed by atoms with Crippen LogP contribution in [0.25, 0.3) is 0 Å². The van der Waals surface area contributed by atoms with Gasteiger partial charge in [-0.1, -0.05) is 36.8 Å². The summed E-state index contributed by atoms with van der Waals surface area (Å²) in [5, 5.41) is 11.5. The number of piperidine rings is 1. The van der Waals surface area contributed by atoms with Crippen molar-refractivity contribution >= 4 is 5.97 Å². The molecule has 0 amide bonds. The molecule has 1 aliphatic heterocycles. The fourth-order valence-corrected chi connectivity index (χ4v) is 1.90. The fourth-order valence-electron chi connectivity index (χ4n) is 1.90. The molecule has 0 aromatic heterocycles. The molecule has 0 aliphatic carbocycles. The van der Waals surface area contributed by atoms with Gasteiger partial charge in [0.1, 0.15) is 0 Å². The van der Waals surface area contributed by atoms with Gasteiger partial charge in [-0.05, 0) is 18.4 Å². The monoisotopic (exact) mass is 235 g/mol. The number of nitrogens with zero attached hydrogens (tertiary/aromatic N) is 1. The summed E-state index contributed by atoms with van der Waals surface area (Å²) in [6.07, 6.45) is 2.05. The van der Waals surface area contributed by atoms with Crippen LogP contribution in [-0.2, 0) is 9.63 Å². The predicted octanol–water partition coefficient (Wildman–Crippen LogP) is 1.66. The van der Waals surface area contributed by atoms with Crippen molar-refractivity contribution in [1.29, 1.82) is 0 Å². The van der Waals surface area contributed by atoms with Crippen molar-refractivity contribution in [2.24, 2.45) is 0 Å². The van der Waals surface area contributed by atoms with Gasteiger partial charge in [0, 0.05) is 13.1 Å². The second-order valence-corrected chi connectivity index (χ2v) is 4.21. The smallest absolute Gasteiger partial charge is 0.358 e. The van der Waals surface area contributed by atoms with Crippen molar-refractivity contribution in [2.75, 3.05) is 13.1 Å². The summed E-state index contributed by atoms with van der Waals surface area (Å²) in [7, 11) is 0. The number of benzene rings is 1. The molecule has 0 saturated carbocycles. The molecule has 2 rings (SSSR count). The van der Waals surface area contributed by atoms with Crippen molar-refractivity contribution in [1.82, 2.24) is 5.06 Å². The Morgan fingerprint density at radius 3 is 2.47 bits per heavy atom. The van der Waals surface area contributed by atoms with Gasteiger partial charge in [-0.2, -0.15) is 0 Å². The van der Waals surface area contributed by atoms with Gasteiger partial charge in [0.25, 0.3) is 0 Å². The predicted molar refractivity (Wildman–Crippen MR) is 62.9 cm³/mol. The molecule has 1 fully saturated rings. The van der Waals surface area contributed by atoms with Crippen molar-refractivity contribution in [2.45, 2.75) is 25.4 Å². The topological polar surface area (TPSA) is 49.8 Å². The van der Waals surface area contributed by atoms with Crippen molar-refractivity contribution < 1.29 is 14.7 Å². The normalized spacial score (nSPS) is 18.6. The lowest BCUT2D eigenvalue weighted by atomic mass is 10.1. The summed E-state index contributed by atoms with van der Waals surface area (Å²) in [5.74, 6) is -0.599. The first-order valence-corrected chi connectivity index (χ1v) is 5.97. The highest BCUT2D eigenvalue weighted by atomic mass is 16.7. The highest BCUT2D eigenvalue weighted by Crippen LogP contribution is 2.16. The molecular formula is C13H17NO3. The average Bonchev–Trinajstić information content (AvgIpc) is 2.40. The van der Waals surface area contributed by atoms with E-state index >= 15 is 0 Å². The number of hydroxylamine groups is 2. The van der Waals surface area contributed by atoms with E-state index in [1.54, 1.807) is 29.3 Å². The minimum atomic E-state index is -1.20. The molecule has 1 heterocycles. The zero-order valence-corrected chi connectivity index (χ0v) is 9.71. The fraction of sp³-hybridized carbons (Fsp3) is 0.462. The average molecular weight is 235 g/mol. The Bertz CT molecular complexity index is 360. The van der Waals surface area contributed by atoms with Crippen molar-refractivity contribution in [3.63, 3.8) is 0 Å². The molecule has 17 heavy (non-hydrogen) atoms. The Hall–Kier alpha value is -1.39. The molecule has 1 N–H and O–H groups in total. The minimum Gasteiger partial charge on any atom is -0.377 e. The number of aliphatic hydroxyl groups excluding tert-OH is 1. The van der Waals surface area contributed by atoms with Crippen LogP contribution in [0.1, 0.15) is 30.9 Å². The van der Waals surface area contributed by atoms with E-state index in [-0.39, 0.29) is 0 Å². The number of hydrogen-bond acceptors (Lipinski definition) is 4. The summed E-state index contributed by atoms with van der Waals surface area (Å²) < 4.78 is 0. The Morgan fingerprint density at radius 2 is 1.82 bits per heavy atom. The summed E-state index contributed by atoms with van der Waals surface area (Å²) in [6, 6.07) is 8.83. The van der Waals surface area contributed by atoms with Gasteiger partial charge in [-0.25, -0.2) is 4.79 Å². The Balaban J connectivity index is 1.91. The van der Waals surface area contributed by atoms with Crippen LogP contribution in [0.5, 0.6) is 0 Å². The maximum Gasteiger partial charge on any atom is 0.358 e. The number of carbonyl (C=O) groups excluding carboxylic acids is 1. The van der Waals surface area contributed by atoms with Crippen LogP contribution in [0.3, 0.4) is 0 Å². The Morgan fingerprint density at radius 1 is 1.18 bits per heavy atom. The largest absolute Gasteiger partial charge is 0.377 e. The molecule has 0 radical (unpaired) electrons. The Kier molecular flexibility index (Phi) is 4.12. The zero-order valence-electron chi connectivity index (χ0n) is 9.71. The van der Waals surface area contributed by atoms with E-state index in [0.29, 0.717) is 5.56 Å². The van der Waals surface area contributed by atoms with Crippen LogP contribution in [0.15, 0.2) is 30.3 Å². The summed E-state index contributed by atoms with van der Waals surface area (Å²) in [6.45, 7) is 1.51. The van der Waals surface area contributed by atoms with E-state index in [4.69, 9.17) is 4.84 Å². The highest BCUT2D eigenvalue weighted by molar-refractivity contribution is 5.75. The molecule has 0 spiro atoms. The third-order valence-electron chi connectivity index (χ3n) is 2.87. The van der Waals surface area contributed by atoms with Gasteiger partial charge in [0.2, 0.25) is 0 Å². The third kappa shape index (κ3) is 3.28. The van der Waals surface area contributed by atoms with Gasteiger partial charge >= 0.3 is 5.97 Å². The van der Waals surface area contributed by atoms with E-state index in [1.807, 2.05) is 6.07 Å².